The minimum Gasteiger partial charge on any atom is -0.372 e. The van der Waals surface area contributed by atoms with E-state index in [2.05, 4.69) is 20.4 Å². The topological polar surface area (TPSA) is 26.3 Å². The molecule has 3 aliphatic carbocycles. The highest BCUT2D eigenvalue weighted by molar-refractivity contribution is 5.91. The van der Waals surface area contributed by atoms with Gasteiger partial charge in [-0.05, 0) is 35.7 Å². The maximum Gasteiger partial charge on any atom is 0.142 e. The zero-order chi connectivity index (χ0) is 12.1. The molecule has 4 aliphatic rings. The summed E-state index contributed by atoms with van der Waals surface area (Å²) in [6.07, 6.45) is 4.29. The van der Waals surface area contributed by atoms with Crippen molar-refractivity contribution in [2.75, 3.05) is 6.61 Å². The molecule has 17 heavy (non-hydrogen) atoms. The van der Waals surface area contributed by atoms with Gasteiger partial charge in [0.2, 0.25) is 0 Å². The van der Waals surface area contributed by atoms with Crippen LogP contribution in [0.4, 0.5) is 0 Å². The molecule has 5 atom stereocenters. The highest BCUT2D eigenvalue weighted by Gasteiger charge is 2.84. The van der Waals surface area contributed by atoms with Gasteiger partial charge in [-0.1, -0.05) is 20.4 Å². The van der Waals surface area contributed by atoms with E-state index in [1.807, 2.05) is 0 Å². The minimum absolute atomic E-state index is 0.143. The van der Waals surface area contributed by atoms with E-state index in [1.165, 1.54) is 12.0 Å². The Morgan fingerprint density at radius 2 is 2.06 bits per heavy atom. The van der Waals surface area contributed by atoms with Crippen molar-refractivity contribution < 1.29 is 9.53 Å². The van der Waals surface area contributed by atoms with E-state index >= 15 is 0 Å². The van der Waals surface area contributed by atoms with Crippen LogP contribution in [0.1, 0.15) is 39.5 Å². The summed E-state index contributed by atoms with van der Waals surface area (Å²) in [5.74, 6) is 0.899. The van der Waals surface area contributed by atoms with Crippen molar-refractivity contribution in [1.82, 2.24) is 0 Å². The van der Waals surface area contributed by atoms with Gasteiger partial charge in [-0.25, -0.2) is 0 Å². The molecule has 0 N–H and O–H groups in total. The van der Waals surface area contributed by atoms with Gasteiger partial charge in [-0.2, -0.15) is 0 Å². The van der Waals surface area contributed by atoms with Crippen LogP contribution in [0.5, 0.6) is 0 Å². The van der Waals surface area contributed by atoms with Crippen molar-refractivity contribution in [2.45, 2.75) is 45.6 Å². The first-order chi connectivity index (χ1) is 7.97. The molecule has 0 radical (unpaired) electrons. The number of carbonyl (C=O) groups is 1. The third-order valence-corrected chi connectivity index (χ3v) is 6.97. The molecule has 0 amide bonds. The number of fused-ring (bicyclic) bond motifs is 1. The van der Waals surface area contributed by atoms with Crippen LogP contribution in [0.25, 0.3) is 0 Å². The molecule has 1 saturated heterocycles. The second kappa shape index (κ2) is 2.54. The molecule has 0 aromatic heterocycles. The first-order valence-corrected chi connectivity index (χ1v) is 6.80. The molecule has 3 saturated carbocycles. The standard InChI is InChI=1S/C15H20O2/c1-9-4-6-13(2)12-11(9)17-8-15(12)10(16)5-7-14(13,15)3/h11-12H,1,4-8H2,2-3H3/t11-,12-,13+,14-,15+/m1/s1. The van der Waals surface area contributed by atoms with Crippen LogP contribution >= 0.6 is 0 Å². The van der Waals surface area contributed by atoms with E-state index in [0.717, 1.165) is 19.3 Å². The fourth-order valence-electron chi connectivity index (χ4n) is 5.83. The van der Waals surface area contributed by atoms with E-state index in [9.17, 15) is 4.79 Å². The van der Waals surface area contributed by atoms with Crippen LogP contribution in [0, 0.1) is 22.2 Å². The number of rotatable bonds is 0. The van der Waals surface area contributed by atoms with Gasteiger partial charge >= 0.3 is 0 Å². The van der Waals surface area contributed by atoms with Gasteiger partial charge in [-0.3, -0.25) is 4.79 Å². The monoisotopic (exact) mass is 232 g/mol. The second-order valence-electron chi connectivity index (χ2n) is 7.01. The number of ether oxygens (including phenoxy) is 1. The molecule has 0 bridgehead atoms. The molecule has 1 heterocycles. The zero-order valence-corrected chi connectivity index (χ0v) is 10.7. The zero-order valence-electron chi connectivity index (χ0n) is 10.7. The molecular weight excluding hydrogens is 212 g/mol. The highest BCUT2D eigenvalue weighted by Crippen LogP contribution is 2.82. The normalized spacial score (nSPS) is 59.9. The maximum absolute atomic E-state index is 12.4. The van der Waals surface area contributed by atoms with Crippen LogP contribution in [-0.4, -0.2) is 18.5 Å². The molecule has 2 heteroatoms. The SMILES string of the molecule is C=C1CC[C@@]2(C)[C@H]3[C@@H]1OC[C@]31C(=O)CC[C@]21C. The van der Waals surface area contributed by atoms with Crippen molar-refractivity contribution in [3.8, 4) is 0 Å². The second-order valence-corrected chi connectivity index (χ2v) is 7.01. The number of hydrogen-bond donors (Lipinski definition) is 0. The summed E-state index contributed by atoms with van der Waals surface area (Å²) in [7, 11) is 0. The predicted octanol–water partition coefficient (Wildman–Crippen LogP) is 2.73. The first kappa shape index (κ1) is 10.3. The van der Waals surface area contributed by atoms with Gasteiger partial charge in [0.25, 0.3) is 0 Å². The Bertz CT molecular complexity index is 454. The van der Waals surface area contributed by atoms with E-state index < -0.39 is 0 Å². The Hall–Kier alpha value is -0.630. The van der Waals surface area contributed by atoms with Crippen LogP contribution in [-0.2, 0) is 9.53 Å². The van der Waals surface area contributed by atoms with E-state index in [0.29, 0.717) is 23.7 Å². The van der Waals surface area contributed by atoms with Crippen molar-refractivity contribution in [3.63, 3.8) is 0 Å². The Labute approximate surface area is 102 Å². The van der Waals surface area contributed by atoms with Crippen molar-refractivity contribution in [2.24, 2.45) is 22.2 Å². The van der Waals surface area contributed by atoms with E-state index in [1.54, 1.807) is 0 Å². The first-order valence-electron chi connectivity index (χ1n) is 6.80. The van der Waals surface area contributed by atoms with Crippen LogP contribution in [0.2, 0.25) is 0 Å². The number of Topliss-reactive ketones (excluding diaryl/α,β-unsaturated/α-hetero) is 1. The maximum atomic E-state index is 12.4. The van der Waals surface area contributed by atoms with E-state index in [4.69, 9.17) is 4.74 Å². The summed E-state index contributed by atoms with van der Waals surface area (Å²) < 4.78 is 6.01. The van der Waals surface area contributed by atoms with Gasteiger partial charge in [-0.15, -0.1) is 0 Å². The Morgan fingerprint density at radius 3 is 2.82 bits per heavy atom. The molecule has 1 spiro atoms. The highest BCUT2D eigenvalue weighted by atomic mass is 16.5. The lowest BCUT2D eigenvalue weighted by Gasteiger charge is -2.71. The smallest absolute Gasteiger partial charge is 0.142 e. The van der Waals surface area contributed by atoms with Gasteiger partial charge in [0, 0.05) is 12.3 Å². The quantitative estimate of drug-likeness (QED) is 0.600. The molecule has 4 rings (SSSR count). The van der Waals surface area contributed by atoms with Gasteiger partial charge in [0.15, 0.2) is 0 Å². The molecule has 0 aromatic rings. The lowest BCUT2D eigenvalue weighted by molar-refractivity contribution is -0.228. The summed E-state index contributed by atoms with van der Waals surface area (Å²) in [6.45, 7) is 9.56. The Kier molecular flexibility index (Phi) is 1.54. The van der Waals surface area contributed by atoms with Crippen LogP contribution in [0.3, 0.4) is 0 Å². The number of ketones is 1. The van der Waals surface area contributed by atoms with Gasteiger partial charge < -0.3 is 4.74 Å². The van der Waals surface area contributed by atoms with Gasteiger partial charge in [0.1, 0.15) is 5.78 Å². The minimum atomic E-state index is -0.143. The number of carbonyl (C=O) groups excluding carboxylic acids is 1. The third-order valence-electron chi connectivity index (χ3n) is 6.97. The van der Waals surface area contributed by atoms with Crippen molar-refractivity contribution in [3.05, 3.63) is 12.2 Å². The average molecular weight is 232 g/mol. The van der Waals surface area contributed by atoms with Crippen LogP contribution in [0.15, 0.2) is 12.2 Å². The summed E-state index contributed by atoms with van der Waals surface area (Å²) in [4.78, 5) is 12.4. The van der Waals surface area contributed by atoms with Gasteiger partial charge in [0.05, 0.1) is 18.1 Å². The Balaban J connectivity index is 1.92. The predicted molar refractivity (Wildman–Crippen MR) is 64.5 cm³/mol. The fraction of sp³-hybridized carbons (Fsp3) is 0.800. The van der Waals surface area contributed by atoms with Crippen molar-refractivity contribution >= 4 is 5.78 Å². The number of hydrogen-bond acceptors (Lipinski definition) is 2. The summed E-state index contributed by atoms with van der Waals surface area (Å²) in [5, 5.41) is 0. The van der Waals surface area contributed by atoms with Crippen molar-refractivity contribution in [1.29, 1.82) is 0 Å². The molecule has 0 unspecified atom stereocenters. The lowest BCUT2D eigenvalue weighted by Crippen LogP contribution is -2.72. The fourth-order valence-corrected chi connectivity index (χ4v) is 5.83. The average Bonchev–Trinajstić information content (AvgIpc) is 2.80. The summed E-state index contributed by atoms with van der Waals surface area (Å²) in [6, 6.07) is 0. The largest absolute Gasteiger partial charge is 0.372 e. The van der Waals surface area contributed by atoms with E-state index in [-0.39, 0.29) is 16.9 Å². The lowest BCUT2D eigenvalue weighted by atomic mass is 9.30. The molecule has 1 aliphatic heterocycles. The molecule has 0 aromatic carbocycles. The molecule has 92 valence electrons. The third kappa shape index (κ3) is 0.729. The molecule has 4 fully saturated rings. The Morgan fingerprint density at radius 1 is 1.29 bits per heavy atom. The summed E-state index contributed by atoms with van der Waals surface area (Å²) in [5.41, 5.74) is 1.58. The van der Waals surface area contributed by atoms with Crippen LogP contribution < -0.4 is 0 Å². The molecular formula is C15H20O2. The molecule has 2 nitrogen and oxygen atoms in total. The summed E-state index contributed by atoms with van der Waals surface area (Å²) >= 11 is 0.